The van der Waals surface area contributed by atoms with Crippen LogP contribution in [0.1, 0.15) is 18.9 Å². The summed E-state index contributed by atoms with van der Waals surface area (Å²) >= 11 is 0. The lowest BCUT2D eigenvalue weighted by Gasteiger charge is -2.06. The highest BCUT2D eigenvalue weighted by Crippen LogP contribution is 2.26. The molecule has 0 atom stereocenters. The molecule has 116 valence electrons. The molecule has 1 aromatic carbocycles. The molecular formula is C19H19N3O. The number of fused-ring (bicyclic) bond motifs is 1. The molecule has 0 saturated heterocycles. The molecule has 0 aliphatic rings. The summed E-state index contributed by atoms with van der Waals surface area (Å²) in [6, 6.07) is 9.91. The van der Waals surface area contributed by atoms with Crippen molar-refractivity contribution in [1.82, 2.24) is 9.97 Å². The molecule has 4 heteroatoms. The molecule has 3 aromatic rings. The van der Waals surface area contributed by atoms with Gasteiger partial charge in [0.15, 0.2) is 0 Å². The first kappa shape index (κ1) is 15.0. The van der Waals surface area contributed by atoms with Gasteiger partial charge < -0.3 is 10.3 Å². The van der Waals surface area contributed by atoms with Crippen molar-refractivity contribution in [3.63, 3.8) is 0 Å². The number of H-pyrrole nitrogens is 1. The molecule has 0 aliphatic heterocycles. The Labute approximate surface area is 135 Å². The number of nitrogens with zero attached hydrogens (tertiary/aromatic N) is 1. The Morgan fingerprint density at radius 3 is 3.00 bits per heavy atom. The van der Waals surface area contributed by atoms with Crippen LogP contribution in [0.3, 0.4) is 0 Å². The van der Waals surface area contributed by atoms with Crippen LogP contribution in [0.25, 0.3) is 22.2 Å². The van der Waals surface area contributed by atoms with Crippen LogP contribution in [0.4, 0.5) is 5.69 Å². The number of hydrogen-bond donors (Lipinski definition) is 2. The molecule has 0 radical (unpaired) electrons. The summed E-state index contributed by atoms with van der Waals surface area (Å²) in [5.74, 6) is -0.112. The van der Waals surface area contributed by atoms with E-state index in [1.54, 1.807) is 6.08 Å². The van der Waals surface area contributed by atoms with Gasteiger partial charge in [-0.3, -0.25) is 4.79 Å². The molecule has 2 heterocycles. The second-order valence-electron chi connectivity index (χ2n) is 5.47. The van der Waals surface area contributed by atoms with Gasteiger partial charge in [0.2, 0.25) is 5.91 Å². The summed E-state index contributed by atoms with van der Waals surface area (Å²) in [6.45, 7) is 4.05. The predicted molar refractivity (Wildman–Crippen MR) is 94.3 cm³/mol. The zero-order valence-corrected chi connectivity index (χ0v) is 13.3. The average molecular weight is 305 g/mol. The minimum absolute atomic E-state index is 0.112. The van der Waals surface area contributed by atoms with E-state index in [-0.39, 0.29) is 5.91 Å². The summed E-state index contributed by atoms with van der Waals surface area (Å²) in [4.78, 5) is 19.4. The lowest BCUT2D eigenvalue weighted by Crippen LogP contribution is -2.07. The molecule has 0 aliphatic carbocycles. The van der Waals surface area contributed by atoms with E-state index in [9.17, 15) is 4.79 Å². The third-order valence-electron chi connectivity index (χ3n) is 3.71. The number of amides is 1. The monoisotopic (exact) mass is 305 g/mol. The molecular weight excluding hydrogens is 286 g/mol. The van der Waals surface area contributed by atoms with Crippen molar-refractivity contribution in [3.05, 3.63) is 60.4 Å². The average Bonchev–Trinajstić information content (AvgIpc) is 2.94. The second kappa shape index (κ2) is 6.48. The highest BCUT2D eigenvalue weighted by Gasteiger charge is 2.06. The Hall–Kier alpha value is -2.88. The highest BCUT2D eigenvalue weighted by atomic mass is 16.1. The standard InChI is InChI=1S/C19H19N3O/c1-3-4-8-18(23)22-16-7-5-6-14(9-16)15-10-17-13(2)11-20-19(17)21-12-15/h4-12H,3H2,1-2H3,(H,20,21)(H,22,23)/b8-4+. The van der Waals surface area contributed by atoms with E-state index in [0.29, 0.717) is 0 Å². The van der Waals surface area contributed by atoms with Crippen LogP contribution in [0.15, 0.2) is 54.9 Å². The molecule has 0 spiro atoms. The fourth-order valence-corrected chi connectivity index (χ4v) is 2.48. The van der Waals surface area contributed by atoms with E-state index in [4.69, 9.17) is 0 Å². The Morgan fingerprint density at radius 1 is 1.30 bits per heavy atom. The van der Waals surface area contributed by atoms with Gasteiger partial charge in [-0.2, -0.15) is 0 Å². The first-order valence-electron chi connectivity index (χ1n) is 7.69. The normalized spacial score (nSPS) is 11.2. The number of carbonyl (C=O) groups is 1. The molecule has 4 nitrogen and oxygen atoms in total. The Balaban J connectivity index is 1.90. The Kier molecular flexibility index (Phi) is 4.24. The van der Waals surface area contributed by atoms with E-state index < -0.39 is 0 Å². The predicted octanol–water partition coefficient (Wildman–Crippen LogP) is 4.44. The fraction of sp³-hybridized carbons (Fsp3) is 0.158. The first-order chi connectivity index (χ1) is 11.2. The quantitative estimate of drug-likeness (QED) is 0.700. The zero-order valence-electron chi connectivity index (χ0n) is 13.3. The minimum atomic E-state index is -0.112. The maximum atomic E-state index is 11.8. The number of carbonyl (C=O) groups excluding carboxylic acids is 1. The summed E-state index contributed by atoms with van der Waals surface area (Å²) in [5, 5.41) is 3.99. The maximum Gasteiger partial charge on any atom is 0.248 e. The van der Waals surface area contributed by atoms with E-state index in [1.807, 2.05) is 49.7 Å². The third-order valence-corrected chi connectivity index (χ3v) is 3.71. The van der Waals surface area contributed by atoms with Crippen LogP contribution in [0.5, 0.6) is 0 Å². The van der Waals surface area contributed by atoms with Crippen molar-refractivity contribution >= 4 is 22.6 Å². The summed E-state index contributed by atoms with van der Waals surface area (Å²) in [7, 11) is 0. The van der Waals surface area contributed by atoms with Gasteiger partial charge >= 0.3 is 0 Å². The molecule has 0 unspecified atom stereocenters. The lowest BCUT2D eigenvalue weighted by molar-refractivity contribution is -0.111. The number of aromatic nitrogens is 2. The second-order valence-corrected chi connectivity index (χ2v) is 5.47. The number of hydrogen-bond acceptors (Lipinski definition) is 2. The van der Waals surface area contributed by atoms with Crippen molar-refractivity contribution in [3.8, 4) is 11.1 Å². The lowest BCUT2D eigenvalue weighted by atomic mass is 10.1. The summed E-state index contributed by atoms with van der Waals surface area (Å²) in [5.41, 5.74) is 4.89. The number of pyridine rings is 1. The van der Waals surface area contributed by atoms with Crippen molar-refractivity contribution in [2.75, 3.05) is 5.32 Å². The summed E-state index contributed by atoms with van der Waals surface area (Å²) in [6.07, 6.45) is 8.04. The molecule has 0 saturated carbocycles. The van der Waals surface area contributed by atoms with Crippen LogP contribution in [0.2, 0.25) is 0 Å². The summed E-state index contributed by atoms with van der Waals surface area (Å²) < 4.78 is 0. The first-order valence-corrected chi connectivity index (χ1v) is 7.69. The van der Waals surface area contributed by atoms with Crippen molar-refractivity contribution in [2.24, 2.45) is 0 Å². The number of nitrogens with one attached hydrogen (secondary N) is 2. The molecule has 2 N–H and O–H groups in total. The van der Waals surface area contributed by atoms with Gasteiger partial charge in [-0.1, -0.05) is 25.1 Å². The molecule has 3 rings (SSSR count). The molecule has 1 amide bonds. The number of benzene rings is 1. The number of rotatable bonds is 4. The Morgan fingerprint density at radius 2 is 2.17 bits per heavy atom. The molecule has 0 fully saturated rings. The zero-order chi connectivity index (χ0) is 16.2. The molecule has 2 aromatic heterocycles. The van der Waals surface area contributed by atoms with Gasteiger partial charge in [0.05, 0.1) is 0 Å². The van der Waals surface area contributed by atoms with Crippen LogP contribution in [0, 0.1) is 6.92 Å². The number of aryl methyl sites for hydroxylation is 1. The molecule has 0 bridgehead atoms. The van der Waals surface area contributed by atoms with Crippen molar-refractivity contribution in [2.45, 2.75) is 20.3 Å². The topological polar surface area (TPSA) is 57.8 Å². The van der Waals surface area contributed by atoms with Crippen LogP contribution in [-0.2, 0) is 4.79 Å². The van der Waals surface area contributed by atoms with Gasteiger partial charge in [-0.15, -0.1) is 0 Å². The molecule has 23 heavy (non-hydrogen) atoms. The van der Waals surface area contributed by atoms with E-state index >= 15 is 0 Å². The fourth-order valence-electron chi connectivity index (χ4n) is 2.48. The Bertz CT molecular complexity index is 877. The van der Waals surface area contributed by atoms with Crippen molar-refractivity contribution in [1.29, 1.82) is 0 Å². The smallest absolute Gasteiger partial charge is 0.248 e. The van der Waals surface area contributed by atoms with Crippen LogP contribution < -0.4 is 5.32 Å². The maximum absolute atomic E-state index is 11.8. The number of aromatic amines is 1. The van der Waals surface area contributed by atoms with Crippen molar-refractivity contribution < 1.29 is 4.79 Å². The van der Waals surface area contributed by atoms with Gasteiger partial charge in [0.25, 0.3) is 0 Å². The third kappa shape index (κ3) is 3.31. The minimum Gasteiger partial charge on any atom is -0.346 e. The van der Waals surface area contributed by atoms with Crippen LogP contribution >= 0.6 is 0 Å². The van der Waals surface area contributed by atoms with Gasteiger partial charge in [0.1, 0.15) is 5.65 Å². The number of allylic oxidation sites excluding steroid dienone is 1. The van der Waals surface area contributed by atoms with E-state index in [1.165, 1.54) is 5.56 Å². The van der Waals surface area contributed by atoms with E-state index in [2.05, 4.69) is 28.3 Å². The van der Waals surface area contributed by atoms with Gasteiger partial charge in [0, 0.05) is 29.0 Å². The van der Waals surface area contributed by atoms with E-state index in [0.717, 1.165) is 34.3 Å². The SMILES string of the molecule is CC/C=C/C(=O)Nc1cccc(-c2cnc3[nH]cc(C)c3c2)c1. The van der Waals surface area contributed by atoms with Crippen LogP contribution in [-0.4, -0.2) is 15.9 Å². The largest absolute Gasteiger partial charge is 0.346 e. The van der Waals surface area contributed by atoms with Gasteiger partial charge in [-0.25, -0.2) is 4.98 Å². The number of anilines is 1. The highest BCUT2D eigenvalue weighted by molar-refractivity contribution is 5.99. The van der Waals surface area contributed by atoms with Gasteiger partial charge in [-0.05, 0) is 48.7 Å².